The van der Waals surface area contributed by atoms with E-state index in [1.165, 1.54) is 0 Å². The molecule has 0 saturated carbocycles. The maximum absolute atomic E-state index is 10.9. The van der Waals surface area contributed by atoms with Gasteiger partial charge in [-0.05, 0) is 0 Å². The fraction of sp³-hybridized carbons (Fsp3) is 0.800. The molecule has 0 atom stereocenters. The van der Waals surface area contributed by atoms with Crippen molar-refractivity contribution in [1.29, 1.82) is 0 Å². The van der Waals surface area contributed by atoms with Gasteiger partial charge in [-0.2, -0.15) is 0 Å². The van der Waals surface area contributed by atoms with Crippen LogP contribution in [0.15, 0.2) is 0 Å². The molecule has 1 fully saturated rings. The Labute approximate surface area is 59.3 Å². The largest absolute Gasteiger partial charge is 0.304 e. The smallest absolute Gasteiger partial charge is 0.239 e. The maximum Gasteiger partial charge on any atom is 0.239 e. The lowest BCUT2D eigenvalue weighted by Crippen LogP contribution is -2.51. The van der Waals surface area contributed by atoms with Gasteiger partial charge in [-0.15, -0.1) is 0 Å². The van der Waals surface area contributed by atoms with Gasteiger partial charge in [-0.25, -0.2) is 5.84 Å². The molecule has 0 aromatic heterocycles. The Hall–Kier alpha value is -0.650. The second kappa shape index (κ2) is 3.50. The number of nitrogens with two attached hydrogens (primary N) is 1. The number of hydrogen-bond acceptors (Lipinski definition) is 4. The number of hydrogen-bond donors (Lipinski definition) is 4. The van der Waals surface area contributed by atoms with Crippen LogP contribution in [0.25, 0.3) is 0 Å². The minimum atomic E-state index is -0.111. The van der Waals surface area contributed by atoms with Gasteiger partial charge in [0.1, 0.15) is 0 Å². The lowest BCUT2D eigenvalue weighted by Gasteiger charge is -2.21. The molecule has 5 N–H and O–H groups in total. The molecule has 0 bridgehead atoms. The Kier molecular flexibility index (Phi) is 2.61. The van der Waals surface area contributed by atoms with E-state index in [0.29, 0.717) is 13.1 Å². The molecule has 0 aromatic carbocycles. The first-order valence-electron chi connectivity index (χ1n) is 3.26. The zero-order chi connectivity index (χ0) is 7.40. The van der Waals surface area contributed by atoms with Crippen LogP contribution in [-0.2, 0) is 4.79 Å². The molecule has 58 valence electrons. The van der Waals surface area contributed by atoms with E-state index in [-0.39, 0.29) is 11.8 Å². The normalized spacial score (nSPS) is 20.5. The molecule has 0 radical (unpaired) electrons. The van der Waals surface area contributed by atoms with Crippen molar-refractivity contribution in [3.8, 4) is 0 Å². The number of amides is 1. The van der Waals surface area contributed by atoms with Crippen molar-refractivity contribution >= 4 is 5.91 Å². The highest BCUT2D eigenvalue weighted by atomic mass is 16.2. The van der Waals surface area contributed by atoms with Crippen LogP contribution < -0.4 is 21.9 Å². The van der Waals surface area contributed by atoms with Crippen molar-refractivity contribution in [2.45, 2.75) is 0 Å². The minimum absolute atomic E-state index is 0.0289. The third kappa shape index (κ3) is 1.66. The van der Waals surface area contributed by atoms with Gasteiger partial charge in [0.25, 0.3) is 0 Å². The van der Waals surface area contributed by atoms with Gasteiger partial charge in [-0.3, -0.25) is 10.2 Å². The summed E-state index contributed by atoms with van der Waals surface area (Å²) in [4.78, 5) is 10.9. The number of carbonyl (C=O) groups excluding carboxylic acids is 1. The second-order valence-corrected chi connectivity index (χ2v) is 2.29. The summed E-state index contributed by atoms with van der Waals surface area (Å²) < 4.78 is 0. The maximum atomic E-state index is 10.9. The zero-order valence-electron chi connectivity index (χ0n) is 5.68. The van der Waals surface area contributed by atoms with Crippen molar-refractivity contribution in [3.63, 3.8) is 0 Å². The van der Waals surface area contributed by atoms with E-state index in [4.69, 9.17) is 5.84 Å². The highest BCUT2D eigenvalue weighted by molar-refractivity contribution is 5.78. The first kappa shape index (κ1) is 7.46. The van der Waals surface area contributed by atoms with Crippen molar-refractivity contribution in [1.82, 2.24) is 16.1 Å². The Morgan fingerprint density at radius 3 is 2.60 bits per heavy atom. The monoisotopic (exact) mass is 144 g/mol. The van der Waals surface area contributed by atoms with Crippen LogP contribution in [0, 0.1) is 5.92 Å². The average Bonchev–Trinajstić information content (AvgIpc) is 2.05. The van der Waals surface area contributed by atoms with E-state index < -0.39 is 0 Å². The third-order valence-electron chi connectivity index (χ3n) is 1.54. The van der Waals surface area contributed by atoms with Gasteiger partial charge in [0.05, 0.1) is 5.92 Å². The van der Waals surface area contributed by atoms with E-state index in [2.05, 4.69) is 16.1 Å². The summed E-state index contributed by atoms with van der Waals surface area (Å²) in [6.45, 7) is 2.18. The molecule has 1 aliphatic rings. The van der Waals surface area contributed by atoms with Crippen LogP contribution in [0.5, 0.6) is 0 Å². The van der Waals surface area contributed by atoms with Crippen molar-refractivity contribution in [2.75, 3.05) is 19.8 Å². The van der Waals surface area contributed by atoms with E-state index >= 15 is 0 Å². The summed E-state index contributed by atoms with van der Waals surface area (Å²) in [5.74, 6) is 4.81. The molecule has 10 heavy (non-hydrogen) atoms. The predicted octanol–water partition coefficient (Wildman–Crippen LogP) is -2.26. The average molecular weight is 144 g/mol. The van der Waals surface area contributed by atoms with E-state index in [9.17, 15) is 4.79 Å². The molecular formula is C5H12N4O. The molecule has 0 aliphatic carbocycles. The topological polar surface area (TPSA) is 79.2 Å². The highest BCUT2D eigenvalue weighted by Crippen LogP contribution is 1.94. The molecule has 1 aliphatic heterocycles. The Morgan fingerprint density at radius 2 is 2.10 bits per heavy atom. The minimum Gasteiger partial charge on any atom is -0.304 e. The number of rotatable bonds is 1. The summed E-state index contributed by atoms with van der Waals surface area (Å²) >= 11 is 0. The Bertz CT molecular complexity index is 121. The lowest BCUT2D eigenvalue weighted by atomic mass is 10.1. The van der Waals surface area contributed by atoms with Gasteiger partial charge in [0.15, 0.2) is 0 Å². The number of hydrazine groups is 1. The molecular weight excluding hydrogens is 132 g/mol. The van der Waals surface area contributed by atoms with Crippen LogP contribution in [0.1, 0.15) is 0 Å². The van der Waals surface area contributed by atoms with Crippen LogP contribution in [0.3, 0.4) is 0 Å². The molecule has 1 rings (SSSR count). The van der Waals surface area contributed by atoms with Gasteiger partial charge in [0, 0.05) is 19.8 Å². The molecule has 1 saturated heterocycles. The van der Waals surface area contributed by atoms with Crippen LogP contribution >= 0.6 is 0 Å². The molecule has 0 aromatic rings. The summed E-state index contributed by atoms with van der Waals surface area (Å²) in [5.41, 5.74) is 2.12. The van der Waals surface area contributed by atoms with Gasteiger partial charge < -0.3 is 10.6 Å². The Morgan fingerprint density at radius 1 is 1.50 bits per heavy atom. The van der Waals surface area contributed by atoms with Crippen molar-refractivity contribution in [2.24, 2.45) is 11.8 Å². The van der Waals surface area contributed by atoms with E-state index in [1.54, 1.807) is 0 Å². The standard InChI is InChI=1S/C5H12N4O/c6-9-5(10)4-1-7-3-8-2-4/h4,7-8H,1-3,6H2,(H,9,10). The van der Waals surface area contributed by atoms with Crippen LogP contribution in [-0.4, -0.2) is 25.7 Å². The van der Waals surface area contributed by atoms with E-state index in [0.717, 1.165) is 6.67 Å². The molecule has 5 heteroatoms. The summed E-state index contributed by atoms with van der Waals surface area (Å²) in [7, 11) is 0. The fourth-order valence-electron chi connectivity index (χ4n) is 0.957. The summed E-state index contributed by atoms with van der Waals surface area (Å²) in [6, 6.07) is 0. The number of nitrogens with one attached hydrogen (secondary N) is 3. The zero-order valence-corrected chi connectivity index (χ0v) is 5.68. The lowest BCUT2D eigenvalue weighted by molar-refractivity contribution is -0.125. The first-order chi connectivity index (χ1) is 4.84. The second-order valence-electron chi connectivity index (χ2n) is 2.29. The summed E-state index contributed by atoms with van der Waals surface area (Å²) in [6.07, 6.45) is 0. The van der Waals surface area contributed by atoms with Gasteiger partial charge in [0.2, 0.25) is 5.91 Å². The van der Waals surface area contributed by atoms with Crippen LogP contribution in [0.2, 0.25) is 0 Å². The van der Waals surface area contributed by atoms with Gasteiger partial charge >= 0.3 is 0 Å². The molecule has 0 unspecified atom stereocenters. The number of carbonyl (C=O) groups is 1. The fourth-order valence-corrected chi connectivity index (χ4v) is 0.957. The van der Waals surface area contributed by atoms with Crippen molar-refractivity contribution < 1.29 is 4.79 Å². The van der Waals surface area contributed by atoms with Gasteiger partial charge in [-0.1, -0.05) is 0 Å². The van der Waals surface area contributed by atoms with Crippen molar-refractivity contribution in [3.05, 3.63) is 0 Å². The van der Waals surface area contributed by atoms with E-state index in [1.807, 2.05) is 0 Å². The quantitative estimate of drug-likeness (QED) is 0.190. The molecule has 0 spiro atoms. The first-order valence-corrected chi connectivity index (χ1v) is 3.26. The molecule has 5 nitrogen and oxygen atoms in total. The highest BCUT2D eigenvalue weighted by Gasteiger charge is 2.18. The summed E-state index contributed by atoms with van der Waals surface area (Å²) in [5, 5.41) is 6.05. The van der Waals surface area contributed by atoms with Crippen LogP contribution in [0.4, 0.5) is 0 Å². The SMILES string of the molecule is NNC(=O)C1CNCNC1. The third-order valence-corrected chi connectivity index (χ3v) is 1.54. The Balaban J connectivity index is 2.31. The predicted molar refractivity (Wildman–Crippen MR) is 36.7 cm³/mol. The molecule has 1 heterocycles. The molecule has 1 amide bonds.